The van der Waals surface area contributed by atoms with Gasteiger partial charge < -0.3 is 5.32 Å². The lowest BCUT2D eigenvalue weighted by Gasteiger charge is -2.10. The van der Waals surface area contributed by atoms with Crippen LogP contribution in [0.1, 0.15) is 58.6 Å². The van der Waals surface area contributed by atoms with E-state index in [4.69, 9.17) is 0 Å². The Morgan fingerprint density at radius 3 is 2.74 bits per heavy atom. The van der Waals surface area contributed by atoms with Gasteiger partial charge >= 0.3 is 0 Å². The number of nitrogens with one attached hydrogen (secondary N) is 2. The average molecular weight is 515 g/mol. The number of H-pyrrole nitrogens is 1. The molecule has 1 aliphatic carbocycles. The maximum absolute atomic E-state index is 13.6. The number of aryl methyl sites for hydroxylation is 1. The SMILES string of the molecule is CC.CCC.Cn1cc(-c2cnc3c(Nc4ccc5n[nH]c(C6C=CC(F)=CCC6)c5c4)nccn23)cn1. The van der Waals surface area contributed by atoms with Gasteiger partial charge in [0.05, 0.1) is 23.6 Å². The van der Waals surface area contributed by atoms with Crippen LogP contribution in [0.2, 0.25) is 0 Å². The molecule has 4 heterocycles. The molecule has 1 aliphatic rings. The van der Waals surface area contributed by atoms with Gasteiger partial charge in [0.15, 0.2) is 11.5 Å². The first-order chi connectivity index (χ1) is 18.6. The largest absolute Gasteiger partial charge is 0.337 e. The van der Waals surface area contributed by atoms with Crippen LogP contribution in [-0.2, 0) is 7.05 Å². The predicted octanol–water partition coefficient (Wildman–Crippen LogP) is 7.48. The lowest BCUT2D eigenvalue weighted by molar-refractivity contribution is 0.660. The first-order valence-corrected chi connectivity index (χ1v) is 13.2. The van der Waals surface area contributed by atoms with Gasteiger partial charge in [0, 0.05) is 53.9 Å². The van der Waals surface area contributed by atoms with Crippen LogP contribution in [0, 0.1) is 0 Å². The molecular weight excluding hydrogens is 479 g/mol. The smallest absolute Gasteiger partial charge is 0.180 e. The summed E-state index contributed by atoms with van der Waals surface area (Å²) in [6.07, 6.45) is 17.0. The molecule has 6 rings (SSSR count). The summed E-state index contributed by atoms with van der Waals surface area (Å²) >= 11 is 0. The van der Waals surface area contributed by atoms with E-state index in [2.05, 4.69) is 44.4 Å². The quantitative estimate of drug-likeness (QED) is 0.260. The van der Waals surface area contributed by atoms with Gasteiger partial charge in [-0.3, -0.25) is 14.2 Å². The van der Waals surface area contributed by atoms with Gasteiger partial charge in [0.1, 0.15) is 5.83 Å². The van der Waals surface area contributed by atoms with E-state index in [0.717, 1.165) is 45.6 Å². The van der Waals surface area contributed by atoms with Crippen LogP contribution in [0.5, 0.6) is 0 Å². The lowest BCUT2D eigenvalue weighted by atomic mass is 9.97. The Bertz CT molecular complexity index is 1560. The van der Waals surface area contributed by atoms with Crippen molar-refractivity contribution in [2.45, 2.75) is 52.9 Å². The van der Waals surface area contributed by atoms with Crippen molar-refractivity contribution in [1.82, 2.24) is 34.3 Å². The number of allylic oxidation sites excluding steroid dienone is 4. The molecule has 5 aromatic rings. The molecule has 1 aromatic carbocycles. The predicted molar refractivity (Wildman–Crippen MR) is 152 cm³/mol. The number of anilines is 2. The van der Waals surface area contributed by atoms with E-state index in [9.17, 15) is 4.39 Å². The van der Waals surface area contributed by atoms with E-state index in [0.29, 0.717) is 12.2 Å². The summed E-state index contributed by atoms with van der Waals surface area (Å²) in [7, 11) is 1.89. The van der Waals surface area contributed by atoms with Crippen molar-refractivity contribution in [3.05, 3.63) is 78.9 Å². The van der Waals surface area contributed by atoms with Crippen LogP contribution >= 0.6 is 0 Å². The second-order valence-corrected chi connectivity index (χ2v) is 8.85. The highest BCUT2D eigenvalue weighted by Gasteiger charge is 2.17. The first kappa shape index (κ1) is 26.8. The third-order valence-electron chi connectivity index (χ3n) is 5.95. The number of nitrogens with zero attached hydrogens (tertiary/aromatic N) is 6. The molecule has 1 unspecified atom stereocenters. The number of imidazole rings is 1. The zero-order valence-corrected chi connectivity index (χ0v) is 22.6. The Kier molecular flexibility index (Phi) is 8.68. The third kappa shape index (κ3) is 5.66. The van der Waals surface area contributed by atoms with Gasteiger partial charge in [-0.25, -0.2) is 14.4 Å². The van der Waals surface area contributed by atoms with Crippen LogP contribution in [0.25, 0.3) is 27.8 Å². The van der Waals surface area contributed by atoms with Crippen LogP contribution in [0.15, 0.2) is 73.2 Å². The molecule has 9 heteroatoms. The Hall–Kier alpha value is -4.27. The van der Waals surface area contributed by atoms with Gasteiger partial charge in [0.25, 0.3) is 0 Å². The minimum atomic E-state index is -0.187. The molecule has 38 heavy (non-hydrogen) atoms. The zero-order valence-electron chi connectivity index (χ0n) is 22.6. The molecule has 8 nitrogen and oxygen atoms in total. The molecule has 198 valence electrons. The number of aromatic amines is 1. The summed E-state index contributed by atoms with van der Waals surface area (Å²) in [6.45, 7) is 8.25. The Balaban J connectivity index is 0.000000630. The topological polar surface area (TPSA) is 88.7 Å². The number of fused-ring (bicyclic) bond motifs is 2. The Morgan fingerprint density at radius 2 is 1.97 bits per heavy atom. The first-order valence-electron chi connectivity index (χ1n) is 13.2. The summed E-state index contributed by atoms with van der Waals surface area (Å²) in [5.41, 5.74) is 5.37. The van der Waals surface area contributed by atoms with Gasteiger partial charge in [-0.15, -0.1) is 0 Å². The lowest BCUT2D eigenvalue weighted by Crippen LogP contribution is -1.99. The van der Waals surface area contributed by atoms with E-state index in [-0.39, 0.29) is 11.7 Å². The highest BCUT2D eigenvalue weighted by molar-refractivity contribution is 5.87. The third-order valence-corrected chi connectivity index (χ3v) is 5.95. The fourth-order valence-electron chi connectivity index (χ4n) is 4.32. The van der Waals surface area contributed by atoms with Crippen LogP contribution in [0.4, 0.5) is 15.9 Å². The highest BCUT2D eigenvalue weighted by atomic mass is 19.1. The fraction of sp³-hybridized carbons (Fsp3) is 0.310. The number of hydrogen-bond donors (Lipinski definition) is 2. The molecule has 0 spiro atoms. The molecule has 0 saturated carbocycles. The monoisotopic (exact) mass is 514 g/mol. The minimum absolute atomic E-state index is 0.0747. The summed E-state index contributed by atoms with van der Waals surface area (Å²) in [5.74, 6) is 0.538. The van der Waals surface area contributed by atoms with E-state index >= 15 is 0 Å². The van der Waals surface area contributed by atoms with Gasteiger partial charge in [-0.2, -0.15) is 10.2 Å². The molecule has 1 atom stereocenters. The van der Waals surface area contributed by atoms with Gasteiger partial charge in [-0.05, 0) is 43.2 Å². The van der Waals surface area contributed by atoms with Crippen molar-refractivity contribution in [3.63, 3.8) is 0 Å². The van der Waals surface area contributed by atoms with E-state index in [1.54, 1.807) is 17.0 Å². The molecule has 0 aliphatic heterocycles. The average Bonchev–Trinajstić information content (AvgIpc) is 3.62. The van der Waals surface area contributed by atoms with Crippen molar-refractivity contribution < 1.29 is 4.39 Å². The van der Waals surface area contributed by atoms with Crippen LogP contribution in [0.3, 0.4) is 0 Å². The normalized spacial score (nSPS) is 14.8. The van der Waals surface area contributed by atoms with Crippen molar-refractivity contribution in [2.75, 3.05) is 5.32 Å². The van der Waals surface area contributed by atoms with Crippen molar-refractivity contribution in [3.8, 4) is 11.3 Å². The van der Waals surface area contributed by atoms with Gasteiger partial charge in [0.2, 0.25) is 0 Å². The molecule has 0 amide bonds. The number of halogens is 1. The van der Waals surface area contributed by atoms with Crippen LogP contribution < -0.4 is 5.32 Å². The number of aromatic nitrogens is 7. The maximum Gasteiger partial charge on any atom is 0.180 e. The number of hydrogen-bond acceptors (Lipinski definition) is 5. The van der Waals surface area contributed by atoms with Crippen molar-refractivity contribution in [1.29, 1.82) is 0 Å². The number of benzene rings is 1. The van der Waals surface area contributed by atoms with E-state index in [1.807, 2.05) is 74.4 Å². The molecule has 0 bridgehead atoms. The standard InChI is InChI=1S/C24H21FN8.C3H8.C2H6/c1-32-14-16(12-28-32)21-13-27-24-23(26-9-10-33(21)24)29-18-7-8-20-19(11-18)22(31-30-20)15-3-2-4-17(25)6-5-15;1-3-2;1-2/h4-15H,2-3H2,1H3,(H,26,29)(H,30,31);3H2,1-2H3;1-2H3. The summed E-state index contributed by atoms with van der Waals surface area (Å²) in [5, 5.41) is 16.3. The van der Waals surface area contributed by atoms with Gasteiger partial charge in [-0.1, -0.05) is 40.2 Å². The second-order valence-electron chi connectivity index (χ2n) is 8.85. The maximum atomic E-state index is 13.6. The highest BCUT2D eigenvalue weighted by Crippen LogP contribution is 2.33. The number of rotatable bonds is 4. The Morgan fingerprint density at radius 1 is 1.16 bits per heavy atom. The molecule has 0 saturated heterocycles. The van der Waals surface area contributed by atoms with Crippen molar-refractivity contribution in [2.24, 2.45) is 7.05 Å². The summed E-state index contributed by atoms with van der Waals surface area (Å²) < 4.78 is 17.4. The van der Waals surface area contributed by atoms with E-state index < -0.39 is 0 Å². The molecule has 2 N–H and O–H groups in total. The molecule has 4 aromatic heterocycles. The van der Waals surface area contributed by atoms with E-state index in [1.165, 1.54) is 12.5 Å². The molecular formula is C29H35FN8. The van der Waals surface area contributed by atoms with Crippen molar-refractivity contribution >= 4 is 28.1 Å². The fourth-order valence-corrected chi connectivity index (χ4v) is 4.32. The summed E-state index contributed by atoms with van der Waals surface area (Å²) in [4.78, 5) is 9.11. The second kappa shape index (κ2) is 12.3. The molecule has 0 fully saturated rings. The zero-order chi connectivity index (χ0) is 27.1. The minimum Gasteiger partial charge on any atom is -0.337 e. The summed E-state index contributed by atoms with van der Waals surface area (Å²) in [6, 6.07) is 5.98. The molecule has 0 radical (unpaired) electrons. The van der Waals surface area contributed by atoms with Crippen LogP contribution in [-0.4, -0.2) is 34.3 Å². The Labute approximate surface area is 222 Å².